The van der Waals surface area contributed by atoms with Crippen LogP contribution in [0.2, 0.25) is 0 Å². The molecular formula is C33H50O7. The Hall–Kier alpha value is -2.41. The van der Waals surface area contributed by atoms with Crippen molar-refractivity contribution >= 4 is 17.9 Å². The van der Waals surface area contributed by atoms with Crippen LogP contribution in [0.25, 0.3) is 0 Å². The minimum absolute atomic E-state index is 0.192. The third kappa shape index (κ3) is 7.86. The Morgan fingerprint density at radius 2 is 1.75 bits per heavy atom. The zero-order valence-corrected chi connectivity index (χ0v) is 25.6. The van der Waals surface area contributed by atoms with Gasteiger partial charge in [0.25, 0.3) is 0 Å². The summed E-state index contributed by atoms with van der Waals surface area (Å²) in [7, 11) is 0. The first-order valence-electron chi connectivity index (χ1n) is 14.9. The Bertz CT molecular complexity index is 1030. The molecule has 224 valence electrons. The first kappa shape index (κ1) is 32.1. The van der Waals surface area contributed by atoms with Crippen LogP contribution in [0.5, 0.6) is 0 Å². The van der Waals surface area contributed by atoms with Gasteiger partial charge in [-0.15, -0.1) is 0 Å². The van der Waals surface area contributed by atoms with Gasteiger partial charge in [0.1, 0.15) is 18.3 Å². The van der Waals surface area contributed by atoms with E-state index in [4.69, 9.17) is 14.2 Å². The van der Waals surface area contributed by atoms with E-state index in [-0.39, 0.29) is 29.4 Å². The van der Waals surface area contributed by atoms with Gasteiger partial charge < -0.3 is 19.3 Å². The van der Waals surface area contributed by atoms with Gasteiger partial charge in [0.2, 0.25) is 0 Å². The zero-order valence-electron chi connectivity index (χ0n) is 25.6. The van der Waals surface area contributed by atoms with Gasteiger partial charge in [0, 0.05) is 33.6 Å². The second kappa shape index (κ2) is 13.1. The van der Waals surface area contributed by atoms with Gasteiger partial charge in [-0.1, -0.05) is 38.2 Å². The number of aliphatic hydroxyl groups is 1. The fourth-order valence-corrected chi connectivity index (χ4v) is 7.66. The molecule has 7 nitrogen and oxygen atoms in total. The number of hydrogen-bond acceptors (Lipinski definition) is 7. The molecule has 1 N–H and O–H groups in total. The fraction of sp³-hybridized carbons (Fsp3) is 0.727. The second-order valence-corrected chi connectivity index (χ2v) is 13.1. The van der Waals surface area contributed by atoms with Gasteiger partial charge in [-0.25, -0.2) is 0 Å². The molecule has 3 rings (SSSR count). The Morgan fingerprint density at radius 1 is 1.07 bits per heavy atom. The number of ether oxygens (including phenoxy) is 3. The highest BCUT2D eigenvalue weighted by Gasteiger charge is 2.50. The summed E-state index contributed by atoms with van der Waals surface area (Å²) in [5, 5.41) is 10.5. The molecule has 7 atom stereocenters. The SMILES string of the molecule is C=C1/C(=C\C=C2CCC[C@@]3(C)C2CC[C@@H]3[C@H](C)CC[C@@H](OC(C)=O)C(C)(C)O)C[C@@H](OC(C)=O)C[C@H]1OC(C)=O. The van der Waals surface area contributed by atoms with Crippen molar-refractivity contribution in [2.75, 3.05) is 0 Å². The summed E-state index contributed by atoms with van der Waals surface area (Å²) in [5.74, 6) is 0.424. The number of esters is 3. The van der Waals surface area contributed by atoms with E-state index < -0.39 is 17.8 Å². The monoisotopic (exact) mass is 558 g/mol. The summed E-state index contributed by atoms with van der Waals surface area (Å²) >= 11 is 0. The van der Waals surface area contributed by atoms with Gasteiger partial charge >= 0.3 is 17.9 Å². The molecule has 3 aliphatic rings. The predicted octanol–water partition coefficient (Wildman–Crippen LogP) is 6.39. The van der Waals surface area contributed by atoms with Crippen LogP contribution in [-0.2, 0) is 28.6 Å². The van der Waals surface area contributed by atoms with Crippen molar-refractivity contribution in [1.82, 2.24) is 0 Å². The minimum atomic E-state index is -1.08. The molecule has 0 radical (unpaired) electrons. The van der Waals surface area contributed by atoms with Crippen LogP contribution in [0, 0.1) is 23.2 Å². The number of carbonyl (C=O) groups excluding carboxylic acids is 3. The van der Waals surface area contributed by atoms with Crippen LogP contribution in [0.1, 0.15) is 106 Å². The number of allylic oxidation sites excluding steroid dienone is 3. The van der Waals surface area contributed by atoms with E-state index >= 15 is 0 Å². The summed E-state index contributed by atoms with van der Waals surface area (Å²) in [4.78, 5) is 34.9. The fourth-order valence-electron chi connectivity index (χ4n) is 7.66. The molecule has 40 heavy (non-hydrogen) atoms. The molecule has 0 aliphatic heterocycles. The molecular weight excluding hydrogens is 508 g/mol. The molecule has 0 aromatic carbocycles. The molecule has 0 amide bonds. The van der Waals surface area contributed by atoms with E-state index in [0.29, 0.717) is 37.0 Å². The van der Waals surface area contributed by atoms with Crippen LogP contribution in [0.15, 0.2) is 35.5 Å². The topological polar surface area (TPSA) is 99.1 Å². The van der Waals surface area contributed by atoms with E-state index in [1.54, 1.807) is 13.8 Å². The Morgan fingerprint density at radius 3 is 2.35 bits per heavy atom. The zero-order chi connectivity index (χ0) is 29.8. The Labute approximate surface area is 240 Å². The molecule has 3 aliphatic carbocycles. The van der Waals surface area contributed by atoms with E-state index in [1.807, 2.05) is 0 Å². The summed E-state index contributed by atoms with van der Waals surface area (Å²) in [6, 6.07) is 0. The van der Waals surface area contributed by atoms with Gasteiger partial charge in [0.05, 0.1) is 5.60 Å². The van der Waals surface area contributed by atoms with Crippen molar-refractivity contribution in [2.45, 2.75) is 130 Å². The molecule has 0 spiro atoms. The lowest BCUT2D eigenvalue weighted by Crippen LogP contribution is -2.40. The summed E-state index contributed by atoms with van der Waals surface area (Å²) in [6.07, 6.45) is 11.2. The second-order valence-electron chi connectivity index (χ2n) is 13.1. The smallest absolute Gasteiger partial charge is 0.303 e. The highest BCUT2D eigenvalue weighted by atomic mass is 16.6. The average molecular weight is 559 g/mol. The van der Waals surface area contributed by atoms with E-state index in [1.165, 1.54) is 32.8 Å². The molecule has 7 heteroatoms. The van der Waals surface area contributed by atoms with Gasteiger partial charge in [-0.05, 0) is 93.1 Å². The first-order chi connectivity index (χ1) is 18.6. The van der Waals surface area contributed by atoms with Crippen molar-refractivity contribution in [2.24, 2.45) is 23.2 Å². The minimum Gasteiger partial charge on any atom is -0.462 e. The van der Waals surface area contributed by atoms with Crippen molar-refractivity contribution < 1.29 is 33.7 Å². The lowest BCUT2D eigenvalue weighted by molar-refractivity contribution is -0.160. The average Bonchev–Trinajstić information content (AvgIpc) is 3.18. The highest BCUT2D eigenvalue weighted by Crippen LogP contribution is 2.60. The third-order valence-corrected chi connectivity index (χ3v) is 9.57. The molecule has 1 unspecified atom stereocenters. The maximum Gasteiger partial charge on any atom is 0.303 e. The third-order valence-electron chi connectivity index (χ3n) is 9.57. The van der Waals surface area contributed by atoms with E-state index in [0.717, 1.165) is 43.3 Å². The highest BCUT2D eigenvalue weighted by molar-refractivity contribution is 5.67. The number of rotatable bonds is 9. The summed E-state index contributed by atoms with van der Waals surface area (Å²) in [6.45, 7) is 16.6. The van der Waals surface area contributed by atoms with E-state index in [2.05, 4.69) is 32.6 Å². The van der Waals surface area contributed by atoms with Crippen LogP contribution in [0.4, 0.5) is 0 Å². The largest absolute Gasteiger partial charge is 0.462 e. The van der Waals surface area contributed by atoms with Crippen molar-refractivity contribution in [3.05, 3.63) is 35.5 Å². The molecule has 0 heterocycles. The van der Waals surface area contributed by atoms with Crippen molar-refractivity contribution in [1.29, 1.82) is 0 Å². The first-order valence-corrected chi connectivity index (χ1v) is 14.9. The van der Waals surface area contributed by atoms with Crippen LogP contribution < -0.4 is 0 Å². The number of fused-ring (bicyclic) bond motifs is 1. The van der Waals surface area contributed by atoms with Crippen molar-refractivity contribution in [3.63, 3.8) is 0 Å². The normalized spacial score (nSPS) is 32.4. The van der Waals surface area contributed by atoms with Gasteiger partial charge in [-0.2, -0.15) is 0 Å². The molecule has 3 saturated carbocycles. The number of hydrogen-bond donors (Lipinski definition) is 1. The lowest BCUT2D eigenvalue weighted by atomic mass is 9.60. The van der Waals surface area contributed by atoms with Gasteiger partial charge in [-0.3, -0.25) is 14.4 Å². The lowest BCUT2D eigenvalue weighted by Gasteiger charge is -2.44. The quantitative estimate of drug-likeness (QED) is 0.259. The molecule has 0 bridgehead atoms. The maximum absolute atomic E-state index is 11.7. The standard InChI is InChI=1S/C33H50O7/c1-20(11-16-31(32(6,7)37)40-24(5)36)28-14-15-29-25(10-9-17-33(28,29)8)12-13-26-18-27(38-22(3)34)19-30(21(26)2)39-23(4)35/h12-13,20,27-31,37H,2,9-11,14-19H2,1,3-8H3/b25-12?,26-13-/t20-,27-,28-,29?,30-,31-,33-/m1/s1. The molecule has 3 fully saturated rings. The predicted molar refractivity (Wildman–Crippen MR) is 154 cm³/mol. The van der Waals surface area contributed by atoms with Crippen LogP contribution >= 0.6 is 0 Å². The Balaban J connectivity index is 1.76. The maximum atomic E-state index is 11.7. The van der Waals surface area contributed by atoms with Gasteiger partial charge in [0.15, 0.2) is 0 Å². The summed E-state index contributed by atoms with van der Waals surface area (Å²) in [5.41, 5.74) is 2.32. The molecule has 0 saturated heterocycles. The van der Waals surface area contributed by atoms with Crippen LogP contribution in [0.3, 0.4) is 0 Å². The van der Waals surface area contributed by atoms with Crippen LogP contribution in [-0.4, -0.2) is 46.9 Å². The molecule has 0 aromatic heterocycles. The van der Waals surface area contributed by atoms with Crippen molar-refractivity contribution in [3.8, 4) is 0 Å². The Kier molecular flexibility index (Phi) is 10.5. The number of carbonyl (C=O) groups is 3. The summed E-state index contributed by atoms with van der Waals surface area (Å²) < 4.78 is 16.5. The molecule has 0 aromatic rings. The van der Waals surface area contributed by atoms with E-state index in [9.17, 15) is 19.5 Å².